The van der Waals surface area contributed by atoms with Gasteiger partial charge in [-0.1, -0.05) is 0 Å². The van der Waals surface area contributed by atoms with Crippen LogP contribution in [0.25, 0.3) is 0 Å². The van der Waals surface area contributed by atoms with Gasteiger partial charge < -0.3 is 16.0 Å². The SMILES string of the molecule is CNC(=O)CN(C)C(=O)c1ncccc1N. The molecule has 0 aliphatic heterocycles. The second kappa shape index (κ2) is 5.11. The first kappa shape index (κ1) is 12.0. The summed E-state index contributed by atoms with van der Waals surface area (Å²) >= 11 is 0. The fraction of sp³-hybridized carbons (Fsp3) is 0.300. The highest BCUT2D eigenvalue weighted by atomic mass is 16.2. The van der Waals surface area contributed by atoms with Gasteiger partial charge in [0.05, 0.1) is 12.2 Å². The van der Waals surface area contributed by atoms with Crippen molar-refractivity contribution in [3.05, 3.63) is 24.0 Å². The number of carbonyl (C=O) groups excluding carboxylic acids is 2. The monoisotopic (exact) mass is 222 g/mol. The quantitative estimate of drug-likeness (QED) is 0.720. The summed E-state index contributed by atoms with van der Waals surface area (Å²) in [6.45, 7) is -0.0225. The number of hydrogen-bond acceptors (Lipinski definition) is 4. The van der Waals surface area contributed by atoms with Crippen LogP contribution in [0.2, 0.25) is 0 Å². The largest absolute Gasteiger partial charge is 0.397 e. The molecule has 0 spiro atoms. The van der Waals surface area contributed by atoms with Crippen LogP contribution < -0.4 is 11.1 Å². The van der Waals surface area contributed by atoms with Gasteiger partial charge in [-0.2, -0.15) is 0 Å². The molecule has 3 N–H and O–H groups in total. The van der Waals surface area contributed by atoms with Crippen LogP contribution in [0.5, 0.6) is 0 Å². The summed E-state index contributed by atoms with van der Waals surface area (Å²) in [5.41, 5.74) is 6.08. The maximum absolute atomic E-state index is 11.8. The molecule has 2 amide bonds. The number of anilines is 1. The zero-order valence-corrected chi connectivity index (χ0v) is 9.23. The molecule has 6 nitrogen and oxygen atoms in total. The molecule has 0 unspecified atom stereocenters. The van der Waals surface area contributed by atoms with Gasteiger partial charge in [0.2, 0.25) is 5.91 Å². The van der Waals surface area contributed by atoms with Crippen molar-refractivity contribution in [2.75, 3.05) is 26.4 Å². The second-order valence-corrected chi connectivity index (χ2v) is 3.28. The molecular formula is C10H14N4O2. The van der Waals surface area contributed by atoms with Crippen molar-refractivity contribution in [3.63, 3.8) is 0 Å². The number of nitrogens with one attached hydrogen (secondary N) is 1. The first-order chi connectivity index (χ1) is 7.56. The molecule has 0 aliphatic rings. The summed E-state index contributed by atoms with van der Waals surface area (Å²) in [5.74, 6) is -0.618. The summed E-state index contributed by atoms with van der Waals surface area (Å²) < 4.78 is 0. The molecule has 1 aromatic heterocycles. The van der Waals surface area contributed by atoms with Crippen molar-refractivity contribution in [2.24, 2.45) is 0 Å². The predicted octanol–water partition coefficient (Wildman–Crippen LogP) is -0.518. The van der Waals surface area contributed by atoms with E-state index in [9.17, 15) is 9.59 Å². The third-order valence-corrected chi connectivity index (χ3v) is 2.05. The minimum Gasteiger partial charge on any atom is -0.397 e. The Kier molecular flexibility index (Phi) is 3.82. The van der Waals surface area contributed by atoms with E-state index in [1.807, 2.05) is 0 Å². The molecule has 0 saturated carbocycles. The lowest BCUT2D eigenvalue weighted by atomic mass is 10.2. The van der Waals surface area contributed by atoms with Gasteiger partial charge in [-0.25, -0.2) is 4.98 Å². The molecule has 0 radical (unpaired) electrons. The third-order valence-electron chi connectivity index (χ3n) is 2.05. The fourth-order valence-electron chi connectivity index (χ4n) is 1.14. The number of nitrogen functional groups attached to an aromatic ring is 1. The maximum Gasteiger partial charge on any atom is 0.274 e. The van der Waals surface area contributed by atoms with Crippen LogP contribution in [-0.2, 0) is 4.79 Å². The molecule has 16 heavy (non-hydrogen) atoms. The zero-order valence-electron chi connectivity index (χ0n) is 9.23. The number of likely N-dealkylation sites (N-methyl/N-ethyl adjacent to an activating group) is 2. The Hall–Kier alpha value is -2.11. The molecule has 0 bridgehead atoms. The van der Waals surface area contributed by atoms with E-state index in [-0.39, 0.29) is 24.1 Å². The average Bonchev–Trinajstić information content (AvgIpc) is 2.28. The molecule has 0 saturated heterocycles. The lowest BCUT2D eigenvalue weighted by Gasteiger charge is -2.16. The van der Waals surface area contributed by atoms with Crippen molar-refractivity contribution in [2.45, 2.75) is 0 Å². The number of pyridine rings is 1. The Balaban J connectivity index is 2.79. The summed E-state index contributed by atoms with van der Waals surface area (Å²) in [6.07, 6.45) is 1.48. The van der Waals surface area contributed by atoms with Crippen LogP contribution in [0.4, 0.5) is 5.69 Å². The summed E-state index contributed by atoms with van der Waals surface area (Å²) in [7, 11) is 3.03. The van der Waals surface area contributed by atoms with Crippen molar-refractivity contribution in [3.8, 4) is 0 Å². The van der Waals surface area contributed by atoms with Gasteiger partial charge in [-0.05, 0) is 12.1 Å². The van der Waals surface area contributed by atoms with Crippen LogP contribution in [0, 0.1) is 0 Å². The molecule has 1 rings (SSSR count). The Bertz CT molecular complexity index is 406. The number of nitrogens with two attached hydrogens (primary N) is 1. The Morgan fingerprint density at radius 3 is 2.81 bits per heavy atom. The third kappa shape index (κ3) is 2.69. The highest BCUT2D eigenvalue weighted by Gasteiger charge is 2.17. The van der Waals surface area contributed by atoms with Gasteiger partial charge in [-0.3, -0.25) is 9.59 Å². The molecule has 0 atom stereocenters. The van der Waals surface area contributed by atoms with Gasteiger partial charge in [0.25, 0.3) is 5.91 Å². The van der Waals surface area contributed by atoms with E-state index in [0.717, 1.165) is 0 Å². The van der Waals surface area contributed by atoms with Gasteiger partial charge >= 0.3 is 0 Å². The molecule has 0 aliphatic carbocycles. The van der Waals surface area contributed by atoms with Gasteiger partial charge in [0.1, 0.15) is 0 Å². The lowest BCUT2D eigenvalue weighted by Crippen LogP contribution is -2.37. The van der Waals surface area contributed by atoms with E-state index in [4.69, 9.17) is 5.73 Å². The van der Waals surface area contributed by atoms with Gasteiger partial charge in [0.15, 0.2) is 5.69 Å². The van der Waals surface area contributed by atoms with Crippen LogP contribution in [0.1, 0.15) is 10.5 Å². The Morgan fingerprint density at radius 1 is 1.56 bits per heavy atom. The van der Waals surface area contributed by atoms with Crippen LogP contribution in [0.3, 0.4) is 0 Å². The maximum atomic E-state index is 11.8. The van der Waals surface area contributed by atoms with Crippen LogP contribution >= 0.6 is 0 Å². The predicted molar refractivity (Wildman–Crippen MR) is 59.7 cm³/mol. The molecule has 0 fully saturated rings. The number of hydrogen-bond donors (Lipinski definition) is 2. The highest BCUT2D eigenvalue weighted by molar-refractivity contribution is 5.98. The number of carbonyl (C=O) groups is 2. The van der Waals surface area contributed by atoms with E-state index in [1.165, 1.54) is 25.2 Å². The van der Waals surface area contributed by atoms with E-state index in [2.05, 4.69) is 10.3 Å². The molecule has 0 aromatic carbocycles. The fourth-order valence-corrected chi connectivity index (χ4v) is 1.14. The van der Waals surface area contributed by atoms with Crippen molar-refractivity contribution in [1.82, 2.24) is 15.2 Å². The highest BCUT2D eigenvalue weighted by Crippen LogP contribution is 2.09. The van der Waals surface area contributed by atoms with Crippen molar-refractivity contribution < 1.29 is 9.59 Å². The lowest BCUT2D eigenvalue weighted by molar-refractivity contribution is -0.121. The standard InChI is InChI=1S/C10H14N4O2/c1-12-8(15)6-14(2)10(16)9-7(11)4-3-5-13-9/h3-5H,6,11H2,1-2H3,(H,12,15). The van der Waals surface area contributed by atoms with E-state index in [1.54, 1.807) is 12.1 Å². The van der Waals surface area contributed by atoms with E-state index in [0.29, 0.717) is 5.69 Å². The Morgan fingerprint density at radius 2 is 2.25 bits per heavy atom. The molecular weight excluding hydrogens is 208 g/mol. The summed E-state index contributed by atoms with van der Waals surface area (Å²) in [4.78, 5) is 28.1. The number of rotatable bonds is 3. The molecule has 1 heterocycles. The van der Waals surface area contributed by atoms with Gasteiger partial charge in [-0.15, -0.1) is 0 Å². The van der Waals surface area contributed by atoms with Crippen molar-refractivity contribution >= 4 is 17.5 Å². The smallest absolute Gasteiger partial charge is 0.274 e. The number of aromatic nitrogens is 1. The minimum atomic E-state index is -0.373. The average molecular weight is 222 g/mol. The summed E-state index contributed by atoms with van der Waals surface area (Å²) in [5, 5.41) is 2.43. The Labute approximate surface area is 93.4 Å². The molecule has 86 valence electrons. The summed E-state index contributed by atoms with van der Waals surface area (Å²) in [6, 6.07) is 3.23. The zero-order chi connectivity index (χ0) is 12.1. The first-order valence-electron chi connectivity index (χ1n) is 4.72. The van der Waals surface area contributed by atoms with E-state index < -0.39 is 0 Å². The molecule has 6 heteroatoms. The number of nitrogens with zero attached hydrogens (tertiary/aromatic N) is 2. The van der Waals surface area contributed by atoms with E-state index >= 15 is 0 Å². The normalized spacial score (nSPS) is 9.62. The van der Waals surface area contributed by atoms with Gasteiger partial charge in [0, 0.05) is 20.3 Å². The topological polar surface area (TPSA) is 88.3 Å². The molecule has 1 aromatic rings. The van der Waals surface area contributed by atoms with Crippen LogP contribution in [-0.4, -0.2) is 42.3 Å². The second-order valence-electron chi connectivity index (χ2n) is 3.28. The van der Waals surface area contributed by atoms with Crippen LogP contribution in [0.15, 0.2) is 18.3 Å². The first-order valence-corrected chi connectivity index (χ1v) is 4.72. The number of amides is 2. The van der Waals surface area contributed by atoms with Crippen molar-refractivity contribution in [1.29, 1.82) is 0 Å². The minimum absolute atomic E-state index is 0.0225.